The Hall–Kier alpha value is -1.40. The highest BCUT2D eigenvalue weighted by Crippen LogP contribution is 2.32. The van der Waals surface area contributed by atoms with Gasteiger partial charge in [0.2, 0.25) is 0 Å². The van der Waals surface area contributed by atoms with Crippen LogP contribution in [0.15, 0.2) is 17.5 Å². The molecule has 0 unspecified atom stereocenters. The number of ether oxygens (including phenoxy) is 1. The van der Waals surface area contributed by atoms with Gasteiger partial charge >= 0.3 is 5.97 Å². The van der Waals surface area contributed by atoms with E-state index < -0.39 is 6.04 Å². The van der Waals surface area contributed by atoms with E-state index in [9.17, 15) is 9.59 Å². The first-order chi connectivity index (χ1) is 9.70. The fourth-order valence-electron chi connectivity index (χ4n) is 2.57. The predicted octanol–water partition coefficient (Wildman–Crippen LogP) is 3.13. The van der Waals surface area contributed by atoms with Crippen molar-refractivity contribution in [3.05, 3.63) is 22.4 Å². The maximum absolute atomic E-state index is 12.6. The van der Waals surface area contributed by atoms with E-state index in [0.29, 0.717) is 17.8 Å². The zero-order valence-electron chi connectivity index (χ0n) is 11.1. The molecule has 1 saturated heterocycles. The number of carbonyl (C=O) groups excluding carboxylic acids is 2. The minimum absolute atomic E-state index is 0.0477. The molecule has 0 radical (unpaired) electrons. The number of fused-ring (bicyclic) bond motifs is 1. The quantitative estimate of drug-likeness (QED) is 0.801. The second-order valence-corrected chi connectivity index (χ2v) is 6.82. The normalized spacial score (nSPS) is 19.2. The molecule has 1 fully saturated rings. The van der Waals surface area contributed by atoms with Crippen LogP contribution in [-0.2, 0) is 9.53 Å². The first-order valence-electron chi connectivity index (χ1n) is 6.56. The van der Waals surface area contributed by atoms with Crippen LogP contribution in [0.5, 0.6) is 0 Å². The maximum Gasteiger partial charge on any atom is 0.328 e. The van der Waals surface area contributed by atoms with Crippen molar-refractivity contribution < 1.29 is 14.3 Å². The van der Waals surface area contributed by atoms with E-state index in [1.165, 1.54) is 18.4 Å². The summed E-state index contributed by atoms with van der Waals surface area (Å²) in [4.78, 5) is 26.8. The second kappa shape index (κ2) is 5.54. The number of carbonyl (C=O) groups is 2. The first-order valence-corrected chi connectivity index (χ1v) is 8.26. The summed E-state index contributed by atoms with van der Waals surface area (Å²) in [5.74, 6) is -0.357. The van der Waals surface area contributed by atoms with Gasteiger partial charge in [0.25, 0.3) is 5.91 Å². The van der Waals surface area contributed by atoms with Gasteiger partial charge in [0.1, 0.15) is 6.04 Å². The van der Waals surface area contributed by atoms with Crippen molar-refractivity contribution in [3.63, 3.8) is 0 Å². The van der Waals surface area contributed by atoms with Crippen LogP contribution in [0.25, 0.3) is 9.40 Å². The van der Waals surface area contributed by atoms with Crippen LogP contribution in [0.3, 0.4) is 0 Å². The Balaban J connectivity index is 1.87. The summed E-state index contributed by atoms with van der Waals surface area (Å²) in [6.45, 7) is 0.629. The number of rotatable bonds is 2. The van der Waals surface area contributed by atoms with Gasteiger partial charge in [0, 0.05) is 15.9 Å². The van der Waals surface area contributed by atoms with Crippen molar-refractivity contribution in [1.29, 1.82) is 0 Å². The summed E-state index contributed by atoms with van der Waals surface area (Å²) in [6, 6.07) is 3.52. The molecule has 20 heavy (non-hydrogen) atoms. The largest absolute Gasteiger partial charge is 0.467 e. The fourth-order valence-corrected chi connectivity index (χ4v) is 4.63. The molecule has 106 valence electrons. The zero-order valence-corrected chi connectivity index (χ0v) is 12.8. The minimum atomic E-state index is -0.429. The van der Waals surface area contributed by atoms with E-state index in [1.807, 2.05) is 17.5 Å². The Bertz CT molecular complexity index is 617. The van der Waals surface area contributed by atoms with Crippen molar-refractivity contribution in [2.24, 2.45) is 0 Å². The van der Waals surface area contributed by atoms with Gasteiger partial charge in [-0.2, -0.15) is 0 Å². The topological polar surface area (TPSA) is 46.6 Å². The lowest BCUT2D eigenvalue weighted by Gasteiger charge is -2.33. The molecular formula is C14H15NO3S2. The molecule has 1 atom stereocenters. The van der Waals surface area contributed by atoms with Gasteiger partial charge in [0.15, 0.2) is 0 Å². The number of likely N-dealkylation sites (tertiary alicyclic amines) is 1. The number of piperidine rings is 1. The molecule has 3 rings (SSSR count). The second-order valence-electron chi connectivity index (χ2n) is 4.79. The first kappa shape index (κ1) is 13.6. The van der Waals surface area contributed by atoms with Crippen molar-refractivity contribution in [3.8, 4) is 0 Å². The monoisotopic (exact) mass is 309 g/mol. The van der Waals surface area contributed by atoms with Gasteiger partial charge in [-0.15, -0.1) is 22.7 Å². The lowest BCUT2D eigenvalue weighted by molar-refractivity contribution is -0.147. The summed E-state index contributed by atoms with van der Waals surface area (Å²) in [5.41, 5.74) is 0. The number of methoxy groups -OCH3 is 1. The molecule has 2 aromatic heterocycles. The van der Waals surface area contributed by atoms with Crippen LogP contribution in [-0.4, -0.2) is 36.5 Å². The highest BCUT2D eigenvalue weighted by molar-refractivity contribution is 7.27. The molecule has 1 aliphatic heterocycles. The summed E-state index contributed by atoms with van der Waals surface area (Å²) in [7, 11) is 1.38. The van der Waals surface area contributed by atoms with E-state index in [0.717, 1.165) is 22.2 Å². The number of esters is 1. The van der Waals surface area contributed by atoms with E-state index in [2.05, 4.69) is 0 Å². The molecule has 0 spiro atoms. The van der Waals surface area contributed by atoms with E-state index in [-0.39, 0.29) is 11.9 Å². The van der Waals surface area contributed by atoms with E-state index in [4.69, 9.17) is 4.74 Å². The van der Waals surface area contributed by atoms with Gasteiger partial charge in [-0.3, -0.25) is 4.79 Å². The Morgan fingerprint density at radius 3 is 2.95 bits per heavy atom. The van der Waals surface area contributed by atoms with Crippen LogP contribution in [0.4, 0.5) is 0 Å². The van der Waals surface area contributed by atoms with Crippen molar-refractivity contribution in [2.45, 2.75) is 25.3 Å². The predicted molar refractivity (Wildman–Crippen MR) is 80.4 cm³/mol. The van der Waals surface area contributed by atoms with Crippen molar-refractivity contribution >= 4 is 43.9 Å². The van der Waals surface area contributed by atoms with Crippen LogP contribution in [0, 0.1) is 0 Å². The lowest BCUT2D eigenvalue weighted by atomic mass is 10.0. The summed E-state index contributed by atoms with van der Waals surface area (Å²) in [5, 5.41) is 2.02. The fraction of sp³-hybridized carbons (Fsp3) is 0.429. The molecule has 0 aromatic carbocycles. The Kier molecular flexibility index (Phi) is 3.76. The standard InChI is InChI=1S/C14H15NO3S2/c1-18-14(17)9-4-2-3-6-15(9)13(16)12-8-11-10(20-12)5-7-19-11/h5,7-9H,2-4,6H2,1H3/t9-/m1/s1. The third-order valence-corrected chi connectivity index (χ3v) is 5.67. The zero-order chi connectivity index (χ0) is 14.1. The van der Waals surface area contributed by atoms with Gasteiger partial charge in [-0.25, -0.2) is 4.79 Å². The van der Waals surface area contributed by atoms with Gasteiger partial charge in [-0.1, -0.05) is 0 Å². The summed E-state index contributed by atoms with van der Waals surface area (Å²) < 4.78 is 7.08. The number of amides is 1. The molecule has 0 saturated carbocycles. The Morgan fingerprint density at radius 1 is 1.35 bits per heavy atom. The SMILES string of the molecule is COC(=O)[C@H]1CCCCN1C(=O)c1cc2sccc2s1. The van der Waals surface area contributed by atoms with Gasteiger partial charge < -0.3 is 9.64 Å². The lowest BCUT2D eigenvalue weighted by Crippen LogP contribution is -2.48. The third kappa shape index (κ3) is 2.33. The Morgan fingerprint density at radius 2 is 2.20 bits per heavy atom. The Labute approximate surface area is 125 Å². The highest BCUT2D eigenvalue weighted by atomic mass is 32.1. The molecule has 0 N–H and O–H groups in total. The molecule has 1 aliphatic rings. The van der Waals surface area contributed by atoms with Crippen molar-refractivity contribution in [1.82, 2.24) is 4.90 Å². The average Bonchev–Trinajstić information content (AvgIpc) is 3.07. The van der Waals surface area contributed by atoms with Crippen LogP contribution in [0.2, 0.25) is 0 Å². The van der Waals surface area contributed by atoms with Gasteiger partial charge in [-0.05, 0) is 36.8 Å². The van der Waals surface area contributed by atoms with E-state index >= 15 is 0 Å². The molecule has 3 heterocycles. The number of thiophene rings is 2. The van der Waals surface area contributed by atoms with Crippen molar-refractivity contribution in [2.75, 3.05) is 13.7 Å². The van der Waals surface area contributed by atoms with E-state index in [1.54, 1.807) is 16.2 Å². The molecule has 1 amide bonds. The molecule has 4 nitrogen and oxygen atoms in total. The molecular weight excluding hydrogens is 294 g/mol. The number of hydrogen-bond donors (Lipinski definition) is 0. The minimum Gasteiger partial charge on any atom is -0.467 e. The number of hydrogen-bond acceptors (Lipinski definition) is 5. The molecule has 2 aromatic rings. The third-order valence-electron chi connectivity index (χ3n) is 3.59. The van der Waals surface area contributed by atoms with Crippen LogP contribution >= 0.6 is 22.7 Å². The molecule has 6 heteroatoms. The maximum atomic E-state index is 12.6. The van der Waals surface area contributed by atoms with Crippen LogP contribution in [0.1, 0.15) is 28.9 Å². The number of nitrogens with zero attached hydrogens (tertiary/aromatic N) is 1. The molecule has 0 aliphatic carbocycles. The average molecular weight is 309 g/mol. The smallest absolute Gasteiger partial charge is 0.328 e. The highest BCUT2D eigenvalue weighted by Gasteiger charge is 2.33. The summed E-state index contributed by atoms with van der Waals surface area (Å²) >= 11 is 3.13. The summed E-state index contributed by atoms with van der Waals surface area (Å²) in [6.07, 6.45) is 2.60. The van der Waals surface area contributed by atoms with Gasteiger partial charge in [0.05, 0.1) is 12.0 Å². The van der Waals surface area contributed by atoms with Crippen LogP contribution < -0.4 is 0 Å². The molecule has 0 bridgehead atoms.